The molecular weight excluding hydrogens is 320 g/mol. The summed E-state index contributed by atoms with van der Waals surface area (Å²) >= 11 is 6.19. The molecule has 24 heavy (non-hydrogen) atoms. The minimum Gasteiger partial charge on any atom is -0.387 e. The summed E-state index contributed by atoms with van der Waals surface area (Å²) in [7, 11) is 0. The van der Waals surface area contributed by atoms with Crippen molar-refractivity contribution in [3.63, 3.8) is 0 Å². The van der Waals surface area contributed by atoms with Crippen molar-refractivity contribution >= 4 is 17.4 Å². The van der Waals surface area contributed by atoms with Gasteiger partial charge in [0.15, 0.2) is 0 Å². The van der Waals surface area contributed by atoms with E-state index >= 15 is 0 Å². The number of hydrogen-bond donors (Lipinski definition) is 2. The topological polar surface area (TPSA) is 41.1 Å². The maximum absolute atomic E-state index is 12.5. The molecular formula is C20H25ClN2O. The number of halogens is 1. The van der Waals surface area contributed by atoms with E-state index < -0.39 is 0 Å². The number of piperidine rings is 1. The van der Waals surface area contributed by atoms with Gasteiger partial charge in [0.05, 0.1) is 0 Å². The van der Waals surface area contributed by atoms with Gasteiger partial charge < -0.3 is 10.6 Å². The Kier molecular flexibility index (Phi) is 5.75. The molecule has 0 radical (unpaired) electrons. The fraction of sp³-hybridized carbons (Fsp3) is 0.450. The summed E-state index contributed by atoms with van der Waals surface area (Å²) < 4.78 is 0. The van der Waals surface area contributed by atoms with Gasteiger partial charge in [-0.15, -0.1) is 0 Å². The van der Waals surface area contributed by atoms with Crippen LogP contribution in [0.3, 0.4) is 0 Å². The molecule has 1 heterocycles. The first-order chi connectivity index (χ1) is 11.7. The fourth-order valence-corrected chi connectivity index (χ4v) is 4.32. The number of carbonyl (C=O) groups excluding carboxylic acids is 1. The van der Waals surface area contributed by atoms with E-state index in [1.54, 1.807) is 6.08 Å². The Morgan fingerprint density at radius 1 is 1.29 bits per heavy atom. The van der Waals surface area contributed by atoms with Gasteiger partial charge in [-0.2, -0.15) is 0 Å². The van der Waals surface area contributed by atoms with Crippen LogP contribution in [-0.2, 0) is 11.2 Å². The minimum atomic E-state index is 0.124. The van der Waals surface area contributed by atoms with Crippen molar-refractivity contribution in [2.75, 3.05) is 13.1 Å². The maximum Gasteiger partial charge on any atom is 0.139 e. The van der Waals surface area contributed by atoms with E-state index in [2.05, 4.69) is 23.3 Å². The van der Waals surface area contributed by atoms with E-state index in [9.17, 15) is 4.79 Å². The van der Waals surface area contributed by atoms with Gasteiger partial charge in [0.25, 0.3) is 0 Å². The van der Waals surface area contributed by atoms with Gasteiger partial charge in [-0.25, -0.2) is 0 Å². The summed E-state index contributed by atoms with van der Waals surface area (Å²) in [6.45, 7) is 5.81. The van der Waals surface area contributed by atoms with Gasteiger partial charge in [0.1, 0.15) is 5.78 Å². The molecule has 0 amide bonds. The Balaban J connectivity index is 1.99. The molecule has 1 aliphatic carbocycles. The number of carbonyl (C=O) groups is 1. The average Bonchev–Trinajstić information content (AvgIpc) is 2.71. The molecule has 0 aromatic heterocycles. The Hall–Kier alpha value is -1.58. The van der Waals surface area contributed by atoms with Crippen LogP contribution in [0, 0.1) is 5.92 Å². The number of Topliss-reactive ketones (excluding diaryl/α,β-unsaturated/α-hetero) is 1. The Morgan fingerprint density at radius 2 is 2.08 bits per heavy atom. The molecule has 2 atom stereocenters. The highest BCUT2D eigenvalue weighted by Crippen LogP contribution is 2.39. The molecule has 128 valence electrons. The minimum absolute atomic E-state index is 0.124. The number of fused-ring (bicyclic) bond motifs is 1. The lowest BCUT2D eigenvalue weighted by atomic mass is 9.75. The third-order valence-electron chi connectivity index (χ3n) is 5.17. The Bertz CT molecular complexity index is 635. The monoisotopic (exact) mass is 344 g/mol. The van der Waals surface area contributed by atoms with Gasteiger partial charge in [-0.3, -0.25) is 4.79 Å². The van der Waals surface area contributed by atoms with Crippen molar-refractivity contribution < 1.29 is 4.79 Å². The number of hydrogen-bond acceptors (Lipinski definition) is 3. The summed E-state index contributed by atoms with van der Waals surface area (Å²) in [5.41, 5.74) is 2.40. The number of nitrogens with one attached hydrogen (secondary N) is 2. The summed E-state index contributed by atoms with van der Waals surface area (Å²) in [5.74, 6) is 1.19. The molecule has 1 aromatic rings. The van der Waals surface area contributed by atoms with E-state index in [4.69, 9.17) is 11.6 Å². The number of benzene rings is 1. The van der Waals surface area contributed by atoms with Crippen LogP contribution in [0.1, 0.15) is 36.3 Å². The first-order valence-electron chi connectivity index (χ1n) is 8.73. The largest absolute Gasteiger partial charge is 0.387 e. The summed E-state index contributed by atoms with van der Waals surface area (Å²) in [6.07, 6.45) is 8.88. The zero-order valence-corrected chi connectivity index (χ0v) is 14.7. The van der Waals surface area contributed by atoms with Gasteiger partial charge in [0, 0.05) is 29.8 Å². The van der Waals surface area contributed by atoms with Crippen molar-refractivity contribution in [2.24, 2.45) is 5.92 Å². The molecule has 2 N–H and O–H groups in total. The molecule has 1 aromatic carbocycles. The van der Waals surface area contributed by atoms with Crippen molar-refractivity contribution in [1.29, 1.82) is 0 Å². The van der Waals surface area contributed by atoms with E-state index in [-0.39, 0.29) is 11.8 Å². The molecule has 0 spiro atoms. The van der Waals surface area contributed by atoms with E-state index in [0.29, 0.717) is 29.7 Å². The normalized spacial score (nSPS) is 25.3. The first kappa shape index (κ1) is 17.2. The van der Waals surface area contributed by atoms with E-state index in [0.717, 1.165) is 31.5 Å². The first-order valence-corrected chi connectivity index (χ1v) is 9.11. The third kappa shape index (κ3) is 3.90. The van der Waals surface area contributed by atoms with Crippen molar-refractivity contribution in [3.05, 3.63) is 59.3 Å². The second kappa shape index (κ2) is 8.00. The number of ketones is 1. The van der Waals surface area contributed by atoms with Crippen molar-refractivity contribution in [3.8, 4) is 0 Å². The third-order valence-corrected chi connectivity index (χ3v) is 5.40. The standard InChI is InChI=1S/C20H25ClN2O/c1-2-3-8-23-19-13-17(24)12-15-11-16(21)4-5-18(15)20(19)14-6-9-22-10-7-14/h2-5,8,11,14,19-20,22-23H,1,6-7,9-10,12-13H2/b8-3-. The lowest BCUT2D eigenvalue weighted by Gasteiger charge is -2.36. The number of rotatable bonds is 4. The smallest absolute Gasteiger partial charge is 0.139 e. The van der Waals surface area contributed by atoms with Crippen LogP contribution in [0.15, 0.2) is 43.1 Å². The molecule has 2 aliphatic rings. The van der Waals surface area contributed by atoms with Gasteiger partial charge in [-0.1, -0.05) is 30.3 Å². The van der Waals surface area contributed by atoms with E-state index in [1.165, 1.54) is 5.56 Å². The summed E-state index contributed by atoms with van der Waals surface area (Å²) in [6, 6.07) is 6.19. The van der Waals surface area contributed by atoms with Gasteiger partial charge >= 0.3 is 0 Å². The van der Waals surface area contributed by atoms with Crippen LogP contribution in [0.5, 0.6) is 0 Å². The lowest BCUT2D eigenvalue weighted by molar-refractivity contribution is -0.118. The van der Waals surface area contributed by atoms with Crippen LogP contribution in [0.2, 0.25) is 5.02 Å². The predicted octanol–water partition coefficient (Wildman–Crippen LogP) is 3.60. The molecule has 1 fully saturated rings. The highest BCUT2D eigenvalue weighted by molar-refractivity contribution is 6.30. The zero-order valence-electron chi connectivity index (χ0n) is 13.9. The zero-order chi connectivity index (χ0) is 16.9. The summed E-state index contributed by atoms with van der Waals surface area (Å²) in [4.78, 5) is 12.5. The van der Waals surface area contributed by atoms with Crippen molar-refractivity contribution in [1.82, 2.24) is 10.6 Å². The molecule has 2 unspecified atom stereocenters. The highest BCUT2D eigenvalue weighted by atomic mass is 35.5. The molecule has 3 rings (SSSR count). The fourth-order valence-electron chi connectivity index (χ4n) is 4.12. The van der Waals surface area contributed by atoms with Crippen LogP contribution in [0.25, 0.3) is 0 Å². The molecule has 1 aliphatic heterocycles. The Morgan fingerprint density at radius 3 is 2.83 bits per heavy atom. The van der Waals surface area contributed by atoms with Crippen LogP contribution >= 0.6 is 11.6 Å². The van der Waals surface area contributed by atoms with Crippen LogP contribution < -0.4 is 10.6 Å². The van der Waals surface area contributed by atoms with Gasteiger partial charge in [-0.05, 0) is 67.4 Å². The second-order valence-corrected chi connectivity index (χ2v) is 7.18. The second-order valence-electron chi connectivity index (χ2n) is 6.74. The molecule has 4 heteroatoms. The average molecular weight is 345 g/mol. The van der Waals surface area contributed by atoms with Crippen molar-refractivity contribution in [2.45, 2.75) is 37.6 Å². The SMILES string of the molecule is C=C/C=C\NC1CC(=O)Cc2cc(Cl)ccc2C1C1CCNCC1. The van der Waals surface area contributed by atoms with Crippen LogP contribution in [-0.4, -0.2) is 24.9 Å². The maximum atomic E-state index is 12.5. The Labute approximate surface area is 149 Å². The molecule has 0 bridgehead atoms. The summed E-state index contributed by atoms with van der Waals surface area (Å²) in [5, 5.41) is 7.62. The van der Waals surface area contributed by atoms with E-state index in [1.807, 2.05) is 24.4 Å². The molecule has 3 nitrogen and oxygen atoms in total. The highest BCUT2D eigenvalue weighted by Gasteiger charge is 2.36. The van der Waals surface area contributed by atoms with Gasteiger partial charge in [0.2, 0.25) is 0 Å². The number of allylic oxidation sites excluding steroid dienone is 2. The predicted molar refractivity (Wildman–Crippen MR) is 99.4 cm³/mol. The molecule has 0 saturated carbocycles. The van der Waals surface area contributed by atoms with Crippen LogP contribution in [0.4, 0.5) is 0 Å². The molecule has 1 saturated heterocycles. The quantitative estimate of drug-likeness (QED) is 0.647. The lowest BCUT2D eigenvalue weighted by Crippen LogP contribution is -2.40.